The maximum absolute atomic E-state index is 7.74. The Morgan fingerprint density at radius 1 is 1.19 bits per heavy atom. The lowest BCUT2D eigenvalue weighted by Gasteiger charge is -2.07. The van der Waals surface area contributed by atoms with E-state index in [9.17, 15) is 0 Å². The van der Waals surface area contributed by atoms with Crippen LogP contribution in [0.2, 0.25) is 0 Å². The maximum atomic E-state index is 7.74. The van der Waals surface area contributed by atoms with E-state index in [-0.39, 0.29) is 5.84 Å². The molecule has 0 spiro atoms. The van der Waals surface area contributed by atoms with Crippen molar-refractivity contribution in [3.05, 3.63) is 53.9 Å². The van der Waals surface area contributed by atoms with Crippen molar-refractivity contribution in [2.75, 3.05) is 0 Å². The van der Waals surface area contributed by atoms with Crippen molar-refractivity contribution in [2.24, 2.45) is 5.73 Å². The van der Waals surface area contributed by atoms with E-state index < -0.39 is 0 Å². The number of hydrogen-bond acceptors (Lipinski definition) is 5. The van der Waals surface area contributed by atoms with Gasteiger partial charge in [0, 0.05) is 22.8 Å². The molecule has 0 unspecified atom stereocenters. The number of nitrogens with two attached hydrogens (primary N) is 1. The number of benzene rings is 1. The van der Waals surface area contributed by atoms with E-state index in [0.29, 0.717) is 10.7 Å². The number of para-hydroxylation sites is 1. The van der Waals surface area contributed by atoms with Crippen LogP contribution in [0.4, 0.5) is 0 Å². The lowest BCUT2D eigenvalue weighted by molar-refractivity contribution is 0.929. The summed E-state index contributed by atoms with van der Waals surface area (Å²) in [5.41, 5.74) is 8.07. The Morgan fingerprint density at radius 2 is 2.00 bits per heavy atom. The van der Waals surface area contributed by atoms with Gasteiger partial charge in [-0.25, -0.2) is 15.0 Å². The van der Waals surface area contributed by atoms with Crippen LogP contribution in [-0.2, 0) is 0 Å². The Bertz CT molecular complexity index is 831. The molecule has 3 rings (SSSR count). The first-order valence-corrected chi connectivity index (χ1v) is 7.17. The fourth-order valence-corrected chi connectivity index (χ4v) is 2.81. The molecular weight excluding hydrogens is 282 g/mol. The fourth-order valence-electron chi connectivity index (χ4n) is 1.99. The quantitative estimate of drug-likeness (QED) is 0.440. The minimum atomic E-state index is 0.0283. The molecule has 0 saturated carbocycles. The van der Waals surface area contributed by atoms with E-state index in [2.05, 4.69) is 15.0 Å². The highest BCUT2D eigenvalue weighted by atomic mass is 32.2. The third kappa shape index (κ3) is 2.85. The summed E-state index contributed by atoms with van der Waals surface area (Å²) in [5.74, 6) is 0.0283. The SMILES string of the molecule is Cc1ccnc(Sc2cc(C(=N)N)c3ccccc3n2)n1. The molecule has 0 aliphatic rings. The predicted octanol–water partition coefficient (Wildman–Crippen LogP) is 2.77. The molecule has 0 aliphatic heterocycles. The van der Waals surface area contributed by atoms with Crippen LogP contribution in [0.25, 0.3) is 10.9 Å². The molecule has 0 amide bonds. The number of hydrogen-bond donors (Lipinski definition) is 2. The molecular formula is C15H13N5S. The molecule has 2 heterocycles. The van der Waals surface area contributed by atoms with Gasteiger partial charge in [0.1, 0.15) is 10.9 Å². The van der Waals surface area contributed by atoms with Crippen molar-refractivity contribution in [1.82, 2.24) is 15.0 Å². The van der Waals surface area contributed by atoms with Gasteiger partial charge >= 0.3 is 0 Å². The third-order valence-corrected chi connectivity index (χ3v) is 3.75. The van der Waals surface area contributed by atoms with Gasteiger partial charge in [0.2, 0.25) is 0 Å². The number of amidine groups is 1. The summed E-state index contributed by atoms with van der Waals surface area (Å²) in [4.78, 5) is 13.1. The second kappa shape index (κ2) is 5.49. The average Bonchev–Trinajstić information content (AvgIpc) is 2.46. The summed E-state index contributed by atoms with van der Waals surface area (Å²) in [7, 11) is 0. The number of nitrogens with one attached hydrogen (secondary N) is 1. The van der Waals surface area contributed by atoms with Gasteiger partial charge in [-0.15, -0.1) is 0 Å². The summed E-state index contributed by atoms with van der Waals surface area (Å²) in [6.45, 7) is 1.92. The molecule has 3 N–H and O–H groups in total. The van der Waals surface area contributed by atoms with Gasteiger partial charge in [-0.3, -0.25) is 5.41 Å². The molecule has 2 aromatic heterocycles. The van der Waals surface area contributed by atoms with Crippen molar-refractivity contribution in [2.45, 2.75) is 17.1 Å². The predicted molar refractivity (Wildman–Crippen MR) is 83.7 cm³/mol. The molecule has 0 aliphatic carbocycles. The molecule has 0 atom stereocenters. The van der Waals surface area contributed by atoms with Gasteiger partial charge in [-0.2, -0.15) is 0 Å². The zero-order chi connectivity index (χ0) is 14.8. The van der Waals surface area contributed by atoms with Gasteiger partial charge < -0.3 is 5.73 Å². The smallest absolute Gasteiger partial charge is 0.194 e. The Morgan fingerprint density at radius 3 is 2.76 bits per heavy atom. The van der Waals surface area contributed by atoms with Crippen molar-refractivity contribution in [1.29, 1.82) is 5.41 Å². The van der Waals surface area contributed by atoms with E-state index in [1.165, 1.54) is 11.8 Å². The van der Waals surface area contributed by atoms with Crippen molar-refractivity contribution in [3.8, 4) is 0 Å². The first kappa shape index (κ1) is 13.5. The second-order valence-electron chi connectivity index (χ2n) is 4.52. The number of rotatable bonds is 3. The number of aryl methyl sites for hydroxylation is 1. The Hall–Kier alpha value is -2.47. The Labute approximate surface area is 126 Å². The minimum absolute atomic E-state index is 0.0283. The van der Waals surface area contributed by atoms with Crippen LogP contribution in [0, 0.1) is 12.3 Å². The van der Waals surface area contributed by atoms with Crippen LogP contribution in [0.3, 0.4) is 0 Å². The molecule has 104 valence electrons. The molecule has 6 heteroatoms. The monoisotopic (exact) mass is 295 g/mol. The Balaban J connectivity index is 2.09. The van der Waals surface area contributed by atoms with E-state index in [4.69, 9.17) is 11.1 Å². The van der Waals surface area contributed by atoms with Gasteiger partial charge in [0.05, 0.1) is 5.52 Å². The highest BCUT2D eigenvalue weighted by Gasteiger charge is 2.10. The van der Waals surface area contributed by atoms with Crippen LogP contribution < -0.4 is 5.73 Å². The van der Waals surface area contributed by atoms with E-state index >= 15 is 0 Å². The summed E-state index contributed by atoms with van der Waals surface area (Å²) in [6.07, 6.45) is 1.72. The lowest BCUT2D eigenvalue weighted by atomic mass is 10.1. The number of nitrogen functional groups attached to an aromatic ring is 1. The van der Waals surface area contributed by atoms with E-state index in [1.54, 1.807) is 12.3 Å². The largest absolute Gasteiger partial charge is 0.384 e. The summed E-state index contributed by atoms with van der Waals surface area (Å²) in [5, 5.41) is 9.97. The van der Waals surface area contributed by atoms with E-state index in [1.807, 2.05) is 37.3 Å². The first-order valence-electron chi connectivity index (χ1n) is 6.35. The highest BCUT2D eigenvalue weighted by Crippen LogP contribution is 2.27. The molecule has 0 saturated heterocycles. The standard InChI is InChI=1S/C15H13N5S/c1-9-6-7-18-15(19-9)21-13-8-11(14(16)17)10-4-2-3-5-12(10)20-13/h2-8H,1H3,(H3,16,17). The minimum Gasteiger partial charge on any atom is -0.384 e. The molecule has 0 radical (unpaired) electrons. The molecule has 1 aromatic carbocycles. The number of aromatic nitrogens is 3. The maximum Gasteiger partial charge on any atom is 0.194 e. The van der Waals surface area contributed by atoms with Crippen LogP contribution in [0.5, 0.6) is 0 Å². The number of fused-ring (bicyclic) bond motifs is 1. The zero-order valence-corrected chi connectivity index (χ0v) is 12.2. The van der Waals surface area contributed by atoms with Crippen LogP contribution >= 0.6 is 11.8 Å². The highest BCUT2D eigenvalue weighted by molar-refractivity contribution is 7.99. The number of nitrogens with zero attached hydrogens (tertiary/aromatic N) is 3. The summed E-state index contributed by atoms with van der Waals surface area (Å²) in [6, 6.07) is 11.3. The van der Waals surface area contributed by atoms with Gasteiger partial charge in [-0.05, 0) is 36.9 Å². The molecule has 3 aromatic rings. The molecule has 21 heavy (non-hydrogen) atoms. The normalized spacial score (nSPS) is 10.7. The van der Waals surface area contributed by atoms with Crippen LogP contribution in [0.15, 0.2) is 52.8 Å². The molecule has 0 bridgehead atoms. The zero-order valence-electron chi connectivity index (χ0n) is 11.4. The second-order valence-corrected chi connectivity index (χ2v) is 5.51. The van der Waals surface area contributed by atoms with E-state index in [0.717, 1.165) is 21.6 Å². The summed E-state index contributed by atoms with van der Waals surface area (Å²) < 4.78 is 0. The third-order valence-electron chi connectivity index (χ3n) is 2.95. The molecule has 0 fully saturated rings. The van der Waals surface area contributed by atoms with Gasteiger partial charge in [0.25, 0.3) is 0 Å². The first-order chi connectivity index (χ1) is 10.1. The summed E-state index contributed by atoms with van der Waals surface area (Å²) >= 11 is 1.36. The van der Waals surface area contributed by atoms with Crippen LogP contribution in [-0.4, -0.2) is 20.8 Å². The van der Waals surface area contributed by atoms with Crippen molar-refractivity contribution >= 4 is 28.5 Å². The number of pyridine rings is 1. The topological polar surface area (TPSA) is 88.5 Å². The van der Waals surface area contributed by atoms with Gasteiger partial charge in [-0.1, -0.05) is 18.2 Å². The average molecular weight is 295 g/mol. The molecule has 5 nitrogen and oxygen atoms in total. The van der Waals surface area contributed by atoms with Crippen molar-refractivity contribution < 1.29 is 0 Å². The van der Waals surface area contributed by atoms with Crippen molar-refractivity contribution in [3.63, 3.8) is 0 Å². The van der Waals surface area contributed by atoms with Crippen LogP contribution in [0.1, 0.15) is 11.3 Å². The Kier molecular flexibility index (Phi) is 3.53. The van der Waals surface area contributed by atoms with Gasteiger partial charge in [0.15, 0.2) is 5.16 Å². The fraction of sp³-hybridized carbons (Fsp3) is 0.0667. The lowest BCUT2D eigenvalue weighted by Crippen LogP contribution is -2.12.